The smallest absolute Gasteiger partial charge is 0.251 e. The summed E-state index contributed by atoms with van der Waals surface area (Å²) in [5.41, 5.74) is 4.47. The molecular weight excluding hydrogens is 308 g/mol. The Morgan fingerprint density at radius 1 is 1.08 bits per heavy atom. The molecule has 0 saturated carbocycles. The van der Waals surface area contributed by atoms with E-state index in [9.17, 15) is 4.79 Å². The molecule has 0 aliphatic heterocycles. The Kier molecular flexibility index (Phi) is 6.02. The molecule has 1 N–H and O–H groups in total. The second-order valence-electron chi connectivity index (χ2n) is 7.93. The number of hydrogen-bond acceptors (Lipinski definition) is 2. The van der Waals surface area contributed by atoms with Crippen molar-refractivity contribution in [3.63, 3.8) is 0 Å². The van der Waals surface area contributed by atoms with Crippen LogP contribution in [0.1, 0.15) is 53.9 Å². The summed E-state index contributed by atoms with van der Waals surface area (Å²) in [7, 11) is 4.09. The lowest BCUT2D eigenvalue weighted by Gasteiger charge is -2.26. The third-order valence-corrected chi connectivity index (χ3v) is 4.52. The fourth-order valence-electron chi connectivity index (χ4n) is 2.88. The molecule has 0 bridgehead atoms. The zero-order valence-corrected chi connectivity index (χ0v) is 16.3. The van der Waals surface area contributed by atoms with Crippen molar-refractivity contribution in [3.8, 4) is 0 Å². The lowest BCUT2D eigenvalue weighted by atomic mass is 9.86. The SMILES string of the molecule is Cc1cccc(C(=O)NCC(c2ccc(C(C)(C)C)cc2)N(C)C)c1. The Bertz CT molecular complexity index is 712. The predicted octanol–water partition coefficient (Wildman–Crippen LogP) is 4.33. The van der Waals surface area contributed by atoms with Crippen LogP contribution in [0.25, 0.3) is 0 Å². The highest BCUT2D eigenvalue weighted by Crippen LogP contribution is 2.25. The van der Waals surface area contributed by atoms with E-state index >= 15 is 0 Å². The topological polar surface area (TPSA) is 32.3 Å². The molecule has 134 valence electrons. The summed E-state index contributed by atoms with van der Waals surface area (Å²) in [6, 6.07) is 16.5. The van der Waals surface area contributed by atoms with Crippen molar-refractivity contribution in [2.24, 2.45) is 0 Å². The van der Waals surface area contributed by atoms with Gasteiger partial charge in [-0.3, -0.25) is 4.79 Å². The van der Waals surface area contributed by atoms with E-state index in [4.69, 9.17) is 0 Å². The molecule has 1 unspecified atom stereocenters. The second kappa shape index (κ2) is 7.83. The van der Waals surface area contributed by atoms with E-state index in [1.165, 1.54) is 11.1 Å². The largest absolute Gasteiger partial charge is 0.350 e. The number of nitrogens with one attached hydrogen (secondary N) is 1. The fraction of sp³-hybridized carbons (Fsp3) is 0.409. The lowest BCUT2D eigenvalue weighted by molar-refractivity contribution is 0.0942. The number of benzene rings is 2. The van der Waals surface area contributed by atoms with Gasteiger partial charge in [-0.1, -0.05) is 62.7 Å². The Hall–Kier alpha value is -2.13. The predicted molar refractivity (Wildman–Crippen MR) is 105 cm³/mol. The second-order valence-corrected chi connectivity index (χ2v) is 7.93. The zero-order chi connectivity index (χ0) is 18.6. The highest BCUT2D eigenvalue weighted by atomic mass is 16.1. The molecule has 2 aromatic rings. The first-order valence-electron chi connectivity index (χ1n) is 8.80. The summed E-state index contributed by atoms with van der Waals surface area (Å²) in [5, 5.41) is 3.07. The third-order valence-electron chi connectivity index (χ3n) is 4.52. The van der Waals surface area contributed by atoms with Gasteiger partial charge >= 0.3 is 0 Å². The first-order chi connectivity index (χ1) is 11.7. The van der Waals surface area contributed by atoms with Gasteiger partial charge in [0.15, 0.2) is 0 Å². The molecule has 0 saturated heterocycles. The highest BCUT2D eigenvalue weighted by molar-refractivity contribution is 5.94. The van der Waals surface area contributed by atoms with Gasteiger partial charge < -0.3 is 10.2 Å². The number of hydrogen-bond donors (Lipinski definition) is 1. The zero-order valence-electron chi connectivity index (χ0n) is 16.3. The van der Waals surface area contributed by atoms with Crippen molar-refractivity contribution in [1.82, 2.24) is 10.2 Å². The van der Waals surface area contributed by atoms with Crippen LogP contribution in [-0.2, 0) is 5.41 Å². The van der Waals surface area contributed by atoms with Crippen LogP contribution in [-0.4, -0.2) is 31.4 Å². The van der Waals surface area contributed by atoms with E-state index in [2.05, 4.69) is 55.3 Å². The minimum absolute atomic E-state index is 0.0261. The van der Waals surface area contributed by atoms with Gasteiger partial charge in [0.2, 0.25) is 0 Å². The van der Waals surface area contributed by atoms with Crippen LogP contribution in [0.4, 0.5) is 0 Å². The van der Waals surface area contributed by atoms with Crippen LogP contribution in [0, 0.1) is 6.92 Å². The molecule has 0 aliphatic carbocycles. The number of carbonyl (C=O) groups excluding carboxylic acids is 1. The van der Waals surface area contributed by atoms with E-state index < -0.39 is 0 Å². The normalized spacial score (nSPS) is 12.9. The average Bonchev–Trinajstić information content (AvgIpc) is 2.54. The van der Waals surface area contributed by atoms with Crippen molar-refractivity contribution >= 4 is 5.91 Å². The van der Waals surface area contributed by atoms with Gasteiger partial charge in [0.1, 0.15) is 0 Å². The van der Waals surface area contributed by atoms with E-state index in [0.717, 1.165) is 5.56 Å². The van der Waals surface area contributed by atoms with Gasteiger partial charge in [-0.2, -0.15) is 0 Å². The number of rotatable bonds is 5. The summed E-state index contributed by atoms with van der Waals surface area (Å²) < 4.78 is 0. The molecule has 3 nitrogen and oxygen atoms in total. The van der Waals surface area contributed by atoms with Crippen LogP contribution in [0.15, 0.2) is 48.5 Å². The molecule has 3 heteroatoms. The summed E-state index contributed by atoms with van der Waals surface area (Å²) in [6.07, 6.45) is 0. The summed E-state index contributed by atoms with van der Waals surface area (Å²) in [5.74, 6) is -0.0261. The summed E-state index contributed by atoms with van der Waals surface area (Å²) >= 11 is 0. The van der Waals surface area contributed by atoms with Crippen LogP contribution in [0.2, 0.25) is 0 Å². The Morgan fingerprint density at radius 2 is 1.72 bits per heavy atom. The minimum Gasteiger partial charge on any atom is -0.350 e. The maximum atomic E-state index is 12.4. The third kappa shape index (κ3) is 5.17. The van der Waals surface area contributed by atoms with E-state index in [-0.39, 0.29) is 17.4 Å². The quantitative estimate of drug-likeness (QED) is 0.880. The molecule has 0 fully saturated rings. The highest BCUT2D eigenvalue weighted by Gasteiger charge is 2.18. The van der Waals surface area contributed by atoms with Crippen LogP contribution in [0.5, 0.6) is 0 Å². The Labute approximate surface area is 152 Å². The first-order valence-corrected chi connectivity index (χ1v) is 8.80. The van der Waals surface area contributed by atoms with Crippen molar-refractivity contribution < 1.29 is 4.79 Å². The Balaban J connectivity index is 2.10. The molecule has 1 atom stereocenters. The van der Waals surface area contributed by atoms with E-state index in [1.807, 2.05) is 45.3 Å². The van der Waals surface area contributed by atoms with Gasteiger partial charge in [0, 0.05) is 12.1 Å². The van der Waals surface area contributed by atoms with Gasteiger partial charge in [-0.15, -0.1) is 0 Å². The molecule has 25 heavy (non-hydrogen) atoms. The van der Waals surface area contributed by atoms with Gasteiger partial charge in [0.25, 0.3) is 5.91 Å². The molecule has 0 radical (unpaired) electrons. The Morgan fingerprint density at radius 3 is 2.24 bits per heavy atom. The molecule has 2 rings (SSSR count). The molecular formula is C22H30N2O. The first kappa shape index (κ1) is 19.2. The van der Waals surface area contributed by atoms with Crippen molar-refractivity contribution in [2.45, 2.75) is 39.2 Å². The van der Waals surface area contributed by atoms with Gasteiger partial charge in [0.05, 0.1) is 6.04 Å². The molecule has 0 aromatic heterocycles. The van der Waals surface area contributed by atoms with Crippen molar-refractivity contribution in [1.29, 1.82) is 0 Å². The van der Waals surface area contributed by atoms with Crippen LogP contribution >= 0.6 is 0 Å². The summed E-state index contributed by atoms with van der Waals surface area (Å²) in [4.78, 5) is 14.6. The standard InChI is InChI=1S/C22H30N2O/c1-16-8-7-9-18(14-16)21(25)23-15-20(24(5)6)17-10-12-19(13-11-17)22(2,3)4/h7-14,20H,15H2,1-6H3,(H,23,25). The fourth-order valence-corrected chi connectivity index (χ4v) is 2.88. The van der Waals surface area contributed by atoms with Gasteiger partial charge in [-0.05, 0) is 49.7 Å². The summed E-state index contributed by atoms with van der Waals surface area (Å²) in [6.45, 7) is 9.22. The van der Waals surface area contributed by atoms with E-state index in [1.54, 1.807) is 0 Å². The van der Waals surface area contributed by atoms with E-state index in [0.29, 0.717) is 12.1 Å². The van der Waals surface area contributed by atoms with Gasteiger partial charge in [-0.25, -0.2) is 0 Å². The number of amides is 1. The lowest BCUT2D eigenvalue weighted by Crippen LogP contribution is -2.34. The molecule has 0 spiro atoms. The number of aryl methyl sites for hydroxylation is 1. The van der Waals surface area contributed by atoms with Crippen LogP contribution < -0.4 is 5.32 Å². The molecule has 1 amide bonds. The van der Waals surface area contributed by atoms with Crippen molar-refractivity contribution in [3.05, 3.63) is 70.8 Å². The minimum atomic E-state index is -0.0261. The number of carbonyl (C=O) groups is 1. The number of likely N-dealkylation sites (N-methyl/N-ethyl adjacent to an activating group) is 1. The maximum Gasteiger partial charge on any atom is 0.251 e. The molecule has 2 aromatic carbocycles. The average molecular weight is 338 g/mol. The van der Waals surface area contributed by atoms with Crippen LogP contribution in [0.3, 0.4) is 0 Å². The number of nitrogens with zero attached hydrogens (tertiary/aromatic N) is 1. The molecule has 0 heterocycles. The monoisotopic (exact) mass is 338 g/mol. The maximum absolute atomic E-state index is 12.4. The molecule has 0 aliphatic rings. The van der Waals surface area contributed by atoms with Crippen molar-refractivity contribution in [2.75, 3.05) is 20.6 Å².